The fourth-order valence-corrected chi connectivity index (χ4v) is 2.66. The molecule has 2 rings (SSSR count). The van der Waals surface area contributed by atoms with E-state index in [9.17, 15) is 4.79 Å². The van der Waals surface area contributed by atoms with Gasteiger partial charge in [0.15, 0.2) is 5.96 Å². The number of para-hydroxylation sites is 1. The maximum atomic E-state index is 12.3. The standard InChI is InChI=1S/C17H26N4O.HI/c1-2-3-4-7-11-19-17(18)20-13-16(22)21-12-10-14-8-5-6-9-15(14)21;/h5-6,8-9H,2-4,7,10-13H2,1H3,(H3,18,19,20);1H. The zero-order valence-corrected chi connectivity index (χ0v) is 16.1. The Morgan fingerprint density at radius 2 is 2.09 bits per heavy atom. The van der Waals surface area contributed by atoms with Crippen LogP contribution in [0.25, 0.3) is 0 Å². The molecule has 0 saturated heterocycles. The SMILES string of the molecule is CCCCCCNC(N)=NCC(=O)N1CCc2ccccc21.I. The molecule has 6 heteroatoms. The highest BCUT2D eigenvalue weighted by Crippen LogP contribution is 2.27. The third-order valence-electron chi connectivity index (χ3n) is 3.91. The molecule has 1 aliphatic rings. The predicted octanol–water partition coefficient (Wildman–Crippen LogP) is 2.68. The molecule has 3 N–H and O–H groups in total. The molecular weight excluding hydrogens is 403 g/mol. The molecule has 0 aromatic heterocycles. The Balaban J connectivity index is 0.00000264. The van der Waals surface area contributed by atoms with Crippen molar-refractivity contribution < 1.29 is 4.79 Å². The van der Waals surface area contributed by atoms with E-state index < -0.39 is 0 Å². The van der Waals surface area contributed by atoms with Gasteiger partial charge in [0.05, 0.1) is 0 Å². The van der Waals surface area contributed by atoms with Gasteiger partial charge < -0.3 is 16.0 Å². The van der Waals surface area contributed by atoms with E-state index in [-0.39, 0.29) is 36.4 Å². The van der Waals surface area contributed by atoms with Gasteiger partial charge in [-0.1, -0.05) is 44.4 Å². The largest absolute Gasteiger partial charge is 0.370 e. The zero-order valence-electron chi connectivity index (χ0n) is 13.8. The summed E-state index contributed by atoms with van der Waals surface area (Å²) in [5, 5.41) is 3.06. The lowest BCUT2D eigenvalue weighted by atomic mass is 10.2. The summed E-state index contributed by atoms with van der Waals surface area (Å²) in [4.78, 5) is 18.2. The van der Waals surface area contributed by atoms with Crippen molar-refractivity contribution in [1.82, 2.24) is 5.32 Å². The lowest BCUT2D eigenvalue weighted by Crippen LogP contribution is -2.35. The number of nitrogens with zero attached hydrogens (tertiary/aromatic N) is 2. The summed E-state index contributed by atoms with van der Waals surface area (Å²) in [5.74, 6) is 0.359. The quantitative estimate of drug-likeness (QED) is 0.303. The average molecular weight is 430 g/mol. The van der Waals surface area contributed by atoms with Gasteiger partial charge in [-0.05, 0) is 24.5 Å². The van der Waals surface area contributed by atoms with E-state index in [0.717, 1.165) is 31.6 Å². The van der Waals surface area contributed by atoms with Crippen LogP contribution in [-0.2, 0) is 11.2 Å². The maximum Gasteiger partial charge on any atom is 0.248 e. The van der Waals surface area contributed by atoms with Gasteiger partial charge in [0, 0.05) is 18.8 Å². The Kier molecular flexibility index (Phi) is 8.98. The van der Waals surface area contributed by atoms with Gasteiger partial charge in [-0.15, -0.1) is 24.0 Å². The zero-order chi connectivity index (χ0) is 15.8. The van der Waals surface area contributed by atoms with Crippen LogP contribution in [0.3, 0.4) is 0 Å². The normalized spacial score (nSPS) is 13.4. The first-order valence-corrected chi connectivity index (χ1v) is 8.14. The number of benzene rings is 1. The highest BCUT2D eigenvalue weighted by molar-refractivity contribution is 14.0. The number of rotatable bonds is 7. The predicted molar refractivity (Wildman–Crippen MR) is 107 cm³/mol. The first kappa shape index (κ1) is 19.7. The van der Waals surface area contributed by atoms with Crippen molar-refractivity contribution in [2.45, 2.75) is 39.0 Å². The fourth-order valence-electron chi connectivity index (χ4n) is 2.66. The minimum Gasteiger partial charge on any atom is -0.370 e. The van der Waals surface area contributed by atoms with Gasteiger partial charge in [-0.2, -0.15) is 0 Å². The van der Waals surface area contributed by atoms with Gasteiger partial charge in [0.1, 0.15) is 6.54 Å². The Bertz CT molecular complexity index is 533. The Hall–Kier alpha value is -1.31. The van der Waals surface area contributed by atoms with Crippen LogP contribution in [0, 0.1) is 0 Å². The Morgan fingerprint density at radius 3 is 2.87 bits per heavy atom. The summed E-state index contributed by atoms with van der Waals surface area (Å²) in [6, 6.07) is 8.02. The van der Waals surface area contributed by atoms with E-state index in [1.54, 1.807) is 4.90 Å². The Labute approximate surface area is 155 Å². The molecule has 0 fully saturated rings. The number of hydrogen-bond acceptors (Lipinski definition) is 2. The number of anilines is 1. The first-order valence-electron chi connectivity index (χ1n) is 8.14. The molecule has 1 amide bonds. The monoisotopic (exact) mass is 430 g/mol. The molecule has 1 aliphatic heterocycles. The summed E-state index contributed by atoms with van der Waals surface area (Å²) in [6.45, 7) is 3.83. The third kappa shape index (κ3) is 6.01. The van der Waals surface area contributed by atoms with E-state index in [0.29, 0.717) is 5.96 Å². The lowest BCUT2D eigenvalue weighted by molar-refractivity contribution is -0.117. The van der Waals surface area contributed by atoms with Crippen molar-refractivity contribution >= 4 is 41.5 Å². The van der Waals surface area contributed by atoms with Crippen LogP contribution in [0.15, 0.2) is 29.3 Å². The summed E-state index contributed by atoms with van der Waals surface area (Å²) >= 11 is 0. The van der Waals surface area contributed by atoms with Crippen LogP contribution >= 0.6 is 24.0 Å². The topological polar surface area (TPSA) is 70.7 Å². The highest BCUT2D eigenvalue weighted by Gasteiger charge is 2.23. The molecule has 1 aromatic rings. The lowest BCUT2D eigenvalue weighted by Gasteiger charge is -2.16. The molecule has 128 valence electrons. The highest BCUT2D eigenvalue weighted by atomic mass is 127. The number of aliphatic imine (C=N–C) groups is 1. The number of amides is 1. The third-order valence-corrected chi connectivity index (χ3v) is 3.91. The molecule has 1 aromatic carbocycles. The van der Waals surface area contributed by atoms with Gasteiger partial charge in [-0.25, -0.2) is 4.99 Å². The van der Waals surface area contributed by atoms with E-state index in [1.165, 1.54) is 24.8 Å². The molecule has 0 aliphatic carbocycles. The second-order valence-corrected chi connectivity index (χ2v) is 5.61. The molecule has 0 radical (unpaired) electrons. The number of carbonyl (C=O) groups is 1. The minimum atomic E-state index is 0. The number of nitrogens with one attached hydrogen (secondary N) is 1. The van der Waals surface area contributed by atoms with Gasteiger partial charge >= 0.3 is 0 Å². The van der Waals surface area contributed by atoms with Crippen LogP contribution in [-0.4, -0.2) is 31.5 Å². The number of halogens is 1. The molecule has 1 heterocycles. The molecule has 0 unspecified atom stereocenters. The van der Waals surface area contributed by atoms with E-state index in [2.05, 4.69) is 23.3 Å². The minimum absolute atomic E-state index is 0. The first-order chi connectivity index (χ1) is 10.7. The molecular formula is C17H27IN4O. The number of hydrogen-bond donors (Lipinski definition) is 2. The average Bonchev–Trinajstić information content (AvgIpc) is 2.96. The number of unbranched alkanes of at least 4 members (excludes halogenated alkanes) is 3. The molecule has 0 bridgehead atoms. The van der Waals surface area contributed by atoms with Gasteiger partial charge in [-0.3, -0.25) is 4.79 Å². The van der Waals surface area contributed by atoms with E-state index in [1.807, 2.05) is 18.2 Å². The summed E-state index contributed by atoms with van der Waals surface area (Å²) < 4.78 is 0. The fraction of sp³-hybridized carbons (Fsp3) is 0.529. The van der Waals surface area contributed by atoms with Crippen LogP contribution in [0.5, 0.6) is 0 Å². The number of guanidine groups is 1. The smallest absolute Gasteiger partial charge is 0.248 e. The van der Waals surface area contributed by atoms with Crippen molar-refractivity contribution in [1.29, 1.82) is 0 Å². The maximum absolute atomic E-state index is 12.3. The molecule has 0 spiro atoms. The number of fused-ring (bicyclic) bond motifs is 1. The van der Waals surface area contributed by atoms with E-state index in [4.69, 9.17) is 5.73 Å². The van der Waals surface area contributed by atoms with Crippen LogP contribution in [0.2, 0.25) is 0 Å². The van der Waals surface area contributed by atoms with Crippen LogP contribution < -0.4 is 16.0 Å². The van der Waals surface area contributed by atoms with Crippen LogP contribution in [0.1, 0.15) is 38.2 Å². The Morgan fingerprint density at radius 1 is 1.30 bits per heavy atom. The molecule has 0 saturated carbocycles. The van der Waals surface area contributed by atoms with Crippen molar-refractivity contribution in [3.63, 3.8) is 0 Å². The van der Waals surface area contributed by atoms with Crippen LogP contribution in [0.4, 0.5) is 5.69 Å². The number of nitrogens with two attached hydrogens (primary N) is 1. The molecule has 23 heavy (non-hydrogen) atoms. The summed E-state index contributed by atoms with van der Waals surface area (Å²) in [5.41, 5.74) is 8.03. The van der Waals surface area contributed by atoms with Gasteiger partial charge in [0.2, 0.25) is 5.91 Å². The second kappa shape index (κ2) is 10.5. The van der Waals surface area contributed by atoms with Crippen molar-refractivity contribution in [3.05, 3.63) is 29.8 Å². The second-order valence-electron chi connectivity index (χ2n) is 5.61. The van der Waals surface area contributed by atoms with Crippen molar-refractivity contribution in [2.24, 2.45) is 10.7 Å². The molecule has 0 atom stereocenters. The number of carbonyl (C=O) groups excluding carboxylic acids is 1. The van der Waals surface area contributed by atoms with E-state index >= 15 is 0 Å². The molecule has 5 nitrogen and oxygen atoms in total. The van der Waals surface area contributed by atoms with Crippen molar-refractivity contribution in [2.75, 3.05) is 24.5 Å². The van der Waals surface area contributed by atoms with Gasteiger partial charge in [0.25, 0.3) is 0 Å². The summed E-state index contributed by atoms with van der Waals surface area (Å²) in [7, 11) is 0. The van der Waals surface area contributed by atoms with Crippen molar-refractivity contribution in [3.8, 4) is 0 Å². The summed E-state index contributed by atoms with van der Waals surface area (Å²) in [6.07, 6.45) is 5.65.